The summed E-state index contributed by atoms with van der Waals surface area (Å²) in [6.07, 6.45) is 4.29. The van der Waals surface area contributed by atoms with Gasteiger partial charge < -0.3 is 25.0 Å². The molecule has 0 radical (unpaired) electrons. The number of hydrogen-bond acceptors (Lipinski definition) is 9. The van der Waals surface area contributed by atoms with Gasteiger partial charge in [-0.15, -0.1) is 0 Å². The molecule has 37 heavy (non-hydrogen) atoms. The largest absolute Gasteiger partial charge is 0.480 e. The molecular weight excluding hydrogens is 472 g/mol. The number of nitrogens with zero attached hydrogens (tertiary/aromatic N) is 6. The highest BCUT2D eigenvalue weighted by Crippen LogP contribution is 2.37. The van der Waals surface area contributed by atoms with E-state index in [4.69, 9.17) is 14.5 Å². The van der Waals surface area contributed by atoms with Crippen LogP contribution in [-0.2, 0) is 17.8 Å². The van der Waals surface area contributed by atoms with Crippen molar-refractivity contribution >= 4 is 34.0 Å². The van der Waals surface area contributed by atoms with Crippen LogP contribution in [0.5, 0.6) is 11.8 Å². The van der Waals surface area contributed by atoms with Gasteiger partial charge in [0.1, 0.15) is 24.7 Å². The van der Waals surface area contributed by atoms with Gasteiger partial charge in [0.15, 0.2) is 5.82 Å². The molecule has 0 spiro atoms. The van der Waals surface area contributed by atoms with E-state index >= 15 is 0 Å². The monoisotopic (exact) mass is 500 g/mol. The van der Waals surface area contributed by atoms with Gasteiger partial charge in [-0.05, 0) is 36.9 Å². The number of rotatable bonds is 5. The van der Waals surface area contributed by atoms with E-state index in [9.17, 15) is 4.79 Å². The summed E-state index contributed by atoms with van der Waals surface area (Å²) >= 11 is 0. The fourth-order valence-electron chi connectivity index (χ4n) is 4.88. The second-order valence-electron chi connectivity index (χ2n) is 9.09. The summed E-state index contributed by atoms with van der Waals surface area (Å²) < 4.78 is 13.1. The molecular formula is C26H28N8O3. The predicted octanol–water partition coefficient (Wildman–Crippen LogP) is 3.16. The van der Waals surface area contributed by atoms with E-state index in [2.05, 4.69) is 25.7 Å². The van der Waals surface area contributed by atoms with Crippen molar-refractivity contribution in [1.82, 2.24) is 29.6 Å². The Hall–Kier alpha value is -4.41. The van der Waals surface area contributed by atoms with E-state index in [0.29, 0.717) is 43.1 Å². The van der Waals surface area contributed by atoms with Crippen LogP contribution in [0.1, 0.15) is 18.2 Å². The Morgan fingerprint density at radius 2 is 2.08 bits per heavy atom. The van der Waals surface area contributed by atoms with Crippen molar-refractivity contribution in [2.45, 2.75) is 26.8 Å². The van der Waals surface area contributed by atoms with Crippen LogP contribution < -0.4 is 20.1 Å². The molecule has 4 aromatic heterocycles. The molecule has 0 aromatic carbocycles. The molecule has 0 atom stereocenters. The van der Waals surface area contributed by atoms with Crippen LogP contribution in [0.4, 0.5) is 17.3 Å². The number of methoxy groups -OCH3 is 1. The molecule has 0 bridgehead atoms. The summed E-state index contributed by atoms with van der Waals surface area (Å²) in [6.45, 7) is 7.01. The Labute approximate surface area is 213 Å². The number of aromatic nitrogens is 5. The molecule has 1 amide bonds. The molecule has 2 aliphatic rings. The lowest BCUT2D eigenvalue weighted by molar-refractivity contribution is -0.131. The van der Waals surface area contributed by atoms with Crippen molar-refractivity contribution in [2.24, 2.45) is 0 Å². The number of likely N-dealkylation sites (N-methyl/N-ethyl adjacent to an activating group) is 1. The molecule has 2 aliphatic heterocycles. The Morgan fingerprint density at radius 3 is 2.92 bits per heavy atom. The molecule has 0 saturated heterocycles. The first-order valence-electron chi connectivity index (χ1n) is 12.4. The lowest BCUT2D eigenvalue weighted by Crippen LogP contribution is -2.32. The number of carbonyl (C=O) groups excluding carboxylic acids is 1. The van der Waals surface area contributed by atoms with Crippen LogP contribution in [-0.4, -0.2) is 68.9 Å². The molecule has 0 unspecified atom stereocenters. The number of hydrogen-bond donors (Lipinski definition) is 2. The number of carbonyl (C=O) groups is 1. The zero-order chi connectivity index (χ0) is 25.5. The molecule has 190 valence electrons. The molecule has 0 aliphatic carbocycles. The van der Waals surface area contributed by atoms with E-state index in [1.54, 1.807) is 24.2 Å². The van der Waals surface area contributed by atoms with E-state index in [1.165, 1.54) is 0 Å². The number of anilines is 3. The Kier molecular flexibility index (Phi) is 5.74. The first-order chi connectivity index (χ1) is 18.0. The highest BCUT2D eigenvalue weighted by Gasteiger charge is 2.22. The summed E-state index contributed by atoms with van der Waals surface area (Å²) in [6, 6.07) is 5.93. The Balaban J connectivity index is 1.33. The van der Waals surface area contributed by atoms with Crippen molar-refractivity contribution < 1.29 is 14.3 Å². The average molecular weight is 501 g/mol. The Morgan fingerprint density at radius 1 is 1.19 bits per heavy atom. The zero-order valence-corrected chi connectivity index (χ0v) is 21.0. The van der Waals surface area contributed by atoms with Crippen LogP contribution in [0, 0.1) is 6.92 Å². The van der Waals surface area contributed by atoms with E-state index in [0.717, 1.165) is 51.9 Å². The second-order valence-corrected chi connectivity index (χ2v) is 9.09. The minimum absolute atomic E-state index is 0.0839. The van der Waals surface area contributed by atoms with Crippen LogP contribution in [0.2, 0.25) is 0 Å². The molecule has 6 heterocycles. The maximum absolute atomic E-state index is 12.4. The van der Waals surface area contributed by atoms with E-state index in [1.807, 2.05) is 36.9 Å². The van der Waals surface area contributed by atoms with Crippen molar-refractivity contribution in [1.29, 1.82) is 0 Å². The summed E-state index contributed by atoms with van der Waals surface area (Å²) in [4.78, 5) is 28.1. The van der Waals surface area contributed by atoms with Gasteiger partial charge in [-0.2, -0.15) is 5.10 Å². The number of amides is 1. The third-order valence-corrected chi connectivity index (χ3v) is 6.87. The lowest BCUT2D eigenvalue weighted by atomic mass is 10.0. The first kappa shape index (κ1) is 23.0. The van der Waals surface area contributed by atoms with Crippen molar-refractivity contribution in [2.75, 3.05) is 44.0 Å². The number of nitrogens with one attached hydrogen (secondary N) is 2. The minimum atomic E-state index is 0.0839. The third-order valence-electron chi connectivity index (χ3n) is 6.87. The fourth-order valence-corrected chi connectivity index (χ4v) is 4.88. The van der Waals surface area contributed by atoms with Gasteiger partial charge in [-0.1, -0.05) is 0 Å². The smallest absolute Gasteiger partial charge is 0.244 e. The van der Waals surface area contributed by atoms with Crippen LogP contribution in [0.3, 0.4) is 0 Å². The summed E-state index contributed by atoms with van der Waals surface area (Å²) in [5, 5.41) is 13.0. The van der Waals surface area contributed by atoms with Crippen LogP contribution in [0.25, 0.3) is 22.0 Å². The highest BCUT2D eigenvalue weighted by molar-refractivity contribution is 5.92. The maximum atomic E-state index is 12.4. The van der Waals surface area contributed by atoms with Crippen LogP contribution >= 0.6 is 0 Å². The van der Waals surface area contributed by atoms with Crippen molar-refractivity contribution in [3.05, 3.63) is 41.9 Å². The zero-order valence-electron chi connectivity index (χ0n) is 21.0. The average Bonchev–Trinajstić information content (AvgIpc) is 3.21. The number of fused-ring (bicyclic) bond motifs is 3. The maximum Gasteiger partial charge on any atom is 0.244 e. The summed E-state index contributed by atoms with van der Waals surface area (Å²) in [5.74, 6) is 2.47. The van der Waals surface area contributed by atoms with Crippen LogP contribution in [0.15, 0.2) is 30.6 Å². The van der Waals surface area contributed by atoms with Gasteiger partial charge in [-0.25, -0.2) is 15.0 Å². The Bertz CT molecular complexity index is 1520. The predicted molar refractivity (Wildman–Crippen MR) is 140 cm³/mol. The highest BCUT2D eigenvalue weighted by atomic mass is 16.5. The molecule has 2 N–H and O–H groups in total. The fraction of sp³-hybridized carbons (Fsp3) is 0.346. The molecule has 4 aromatic rings. The standard InChI is InChI=1S/C26H28N8O3/c1-4-33-7-5-17-11-22(32-34(17)14-23(33)35)31-21-10-16-9-20(30-25(36-3)19(16)13-28-21)18-12-29-26-24(15(18)2)27-6-8-37-26/h9-13,27H,4-8,14H2,1-3H3,(H,28,31,32). The third kappa shape index (κ3) is 4.15. The lowest BCUT2D eigenvalue weighted by Gasteiger charge is -2.21. The molecule has 11 nitrogen and oxygen atoms in total. The van der Waals surface area contributed by atoms with Gasteiger partial charge in [0.2, 0.25) is 17.7 Å². The SMILES string of the molecule is CCN1CCc2cc(Nc3cc4cc(-c5cnc6c(c5C)NCCO6)nc(OC)c4cn3)nn2CC1=O. The molecule has 6 rings (SSSR count). The van der Waals surface area contributed by atoms with E-state index in [-0.39, 0.29) is 12.5 Å². The van der Waals surface area contributed by atoms with Gasteiger partial charge in [-0.3, -0.25) is 9.48 Å². The molecule has 11 heteroatoms. The van der Waals surface area contributed by atoms with Gasteiger partial charge in [0.25, 0.3) is 0 Å². The number of pyridine rings is 3. The molecule has 0 fully saturated rings. The van der Waals surface area contributed by atoms with Crippen molar-refractivity contribution in [3.8, 4) is 23.0 Å². The van der Waals surface area contributed by atoms with Gasteiger partial charge in [0.05, 0.1) is 18.2 Å². The normalized spacial score (nSPS) is 14.9. The quantitative estimate of drug-likeness (QED) is 0.426. The molecule has 0 saturated carbocycles. The van der Waals surface area contributed by atoms with E-state index < -0.39 is 0 Å². The second kappa shape index (κ2) is 9.23. The minimum Gasteiger partial charge on any atom is -0.480 e. The van der Waals surface area contributed by atoms with Crippen molar-refractivity contribution in [3.63, 3.8) is 0 Å². The van der Waals surface area contributed by atoms with Gasteiger partial charge >= 0.3 is 0 Å². The first-order valence-corrected chi connectivity index (χ1v) is 12.4. The topological polar surface area (TPSA) is 119 Å². The summed E-state index contributed by atoms with van der Waals surface area (Å²) in [5.41, 5.74) is 4.57. The summed E-state index contributed by atoms with van der Waals surface area (Å²) in [7, 11) is 1.60. The van der Waals surface area contributed by atoms with Gasteiger partial charge in [0, 0.05) is 55.8 Å². The number of ether oxygens (including phenoxy) is 2.